The number of nitrogen functional groups attached to an aromatic ring is 1. The minimum absolute atomic E-state index is 0.0281. The van der Waals surface area contributed by atoms with Gasteiger partial charge in [-0.15, -0.1) is 0 Å². The van der Waals surface area contributed by atoms with E-state index in [2.05, 4.69) is 9.97 Å². The number of anilines is 1. The minimum Gasteiger partial charge on any atom is -0.454 e. The van der Waals surface area contributed by atoms with Gasteiger partial charge in [-0.3, -0.25) is 4.79 Å². The second-order valence-corrected chi connectivity index (χ2v) is 9.66. The van der Waals surface area contributed by atoms with E-state index in [1.165, 1.54) is 6.07 Å². The van der Waals surface area contributed by atoms with Crippen LogP contribution in [-0.4, -0.2) is 45.2 Å². The van der Waals surface area contributed by atoms with Crippen LogP contribution in [0.1, 0.15) is 31.7 Å². The Morgan fingerprint density at radius 1 is 1.23 bits per heavy atom. The van der Waals surface area contributed by atoms with Gasteiger partial charge in [0.25, 0.3) is 0 Å². The summed E-state index contributed by atoms with van der Waals surface area (Å²) in [5, 5.41) is 0.394. The first kappa shape index (κ1) is 23.6. The zero-order valence-electron chi connectivity index (χ0n) is 19.0. The summed E-state index contributed by atoms with van der Waals surface area (Å²) in [4.78, 5) is 22.1. The Morgan fingerprint density at radius 2 is 1.94 bits per heavy atom. The Kier molecular flexibility index (Phi) is 6.16. The summed E-state index contributed by atoms with van der Waals surface area (Å²) in [5.41, 5.74) is 6.40. The number of carbonyl (C=O) groups excluding carboxylic acids is 1. The van der Waals surface area contributed by atoms with Gasteiger partial charge >= 0.3 is 6.18 Å². The Bertz CT molecular complexity index is 1270. The van der Waals surface area contributed by atoms with Gasteiger partial charge in [0.1, 0.15) is 5.52 Å². The molecular weight excluding hydrogens is 483 g/mol. The van der Waals surface area contributed by atoms with Crippen LogP contribution in [0.4, 0.5) is 19.0 Å². The maximum atomic E-state index is 13.9. The lowest BCUT2D eigenvalue weighted by Crippen LogP contribution is -2.37. The molecule has 1 saturated heterocycles. The molecule has 8 nitrogen and oxygen atoms in total. The number of pyridine rings is 1. The quantitative estimate of drug-likeness (QED) is 0.541. The standard InChI is InChI=1S/C23H24F3N5O3S/c1-13(32)30-7-3-14(4-8-30)5-9-31-16-2-6-28-21(27)20(16)29-22(31)35-19-11-18-17(33-12-34-18)10-15(19)23(24,25)26/h2,6,10-11,14H,3-5,7-9,12H2,1H3,(H2,27,28). The van der Waals surface area contributed by atoms with E-state index in [0.717, 1.165) is 55.7 Å². The fourth-order valence-corrected chi connectivity index (χ4v) is 5.60. The lowest BCUT2D eigenvalue weighted by atomic mass is 9.93. The van der Waals surface area contributed by atoms with Gasteiger partial charge in [-0.25, -0.2) is 9.97 Å². The molecule has 0 saturated carbocycles. The van der Waals surface area contributed by atoms with Gasteiger partial charge in [0, 0.05) is 37.7 Å². The van der Waals surface area contributed by atoms with Gasteiger partial charge in [-0.05, 0) is 43.4 Å². The van der Waals surface area contributed by atoms with Crippen molar-refractivity contribution in [1.29, 1.82) is 0 Å². The molecule has 0 radical (unpaired) electrons. The molecular formula is C23H24F3N5O3S. The Morgan fingerprint density at radius 3 is 2.63 bits per heavy atom. The maximum absolute atomic E-state index is 13.9. The fraction of sp³-hybridized carbons (Fsp3) is 0.435. The third kappa shape index (κ3) is 4.71. The van der Waals surface area contributed by atoms with E-state index in [9.17, 15) is 18.0 Å². The number of hydrogen-bond donors (Lipinski definition) is 1. The van der Waals surface area contributed by atoms with Gasteiger partial charge in [0.05, 0.1) is 11.1 Å². The first-order chi connectivity index (χ1) is 16.7. The SMILES string of the molecule is CC(=O)N1CCC(CCn2c(Sc3cc4c(cc3C(F)(F)F)OCO4)nc3c(N)nccc32)CC1. The first-order valence-corrected chi connectivity index (χ1v) is 12.1. The number of benzene rings is 1. The third-order valence-electron chi connectivity index (χ3n) is 6.46. The summed E-state index contributed by atoms with van der Waals surface area (Å²) in [6, 6.07) is 4.08. The Balaban J connectivity index is 1.46. The predicted molar refractivity (Wildman–Crippen MR) is 123 cm³/mol. The van der Waals surface area contributed by atoms with Crippen molar-refractivity contribution in [2.75, 3.05) is 25.6 Å². The average molecular weight is 508 g/mol. The van der Waals surface area contributed by atoms with Gasteiger partial charge in [-0.2, -0.15) is 13.2 Å². The highest BCUT2D eigenvalue weighted by Crippen LogP contribution is 2.46. The summed E-state index contributed by atoms with van der Waals surface area (Å²) in [7, 11) is 0. The first-order valence-electron chi connectivity index (χ1n) is 11.3. The number of carbonyl (C=O) groups is 1. The van der Waals surface area contributed by atoms with Crippen LogP contribution >= 0.6 is 11.8 Å². The van der Waals surface area contributed by atoms with Crippen LogP contribution in [-0.2, 0) is 17.5 Å². The number of piperidine rings is 1. The largest absolute Gasteiger partial charge is 0.454 e. The molecule has 2 aromatic heterocycles. The van der Waals surface area contributed by atoms with Crippen LogP contribution in [0.5, 0.6) is 11.5 Å². The van der Waals surface area contributed by atoms with Crippen molar-refractivity contribution < 1.29 is 27.4 Å². The zero-order valence-corrected chi connectivity index (χ0v) is 19.8. The van der Waals surface area contributed by atoms with Crippen molar-refractivity contribution in [3.05, 3.63) is 30.0 Å². The molecule has 2 N–H and O–H groups in total. The van der Waals surface area contributed by atoms with Crippen molar-refractivity contribution >= 4 is 34.5 Å². The highest BCUT2D eigenvalue weighted by Gasteiger charge is 2.37. The highest BCUT2D eigenvalue weighted by atomic mass is 32.2. The van der Waals surface area contributed by atoms with Crippen LogP contribution in [0.15, 0.2) is 34.4 Å². The lowest BCUT2D eigenvalue weighted by Gasteiger charge is -2.31. The number of hydrogen-bond acceptors (Lipinski definition) is 7. The summed E-state index contributed by atoms with van der Waals surface area (Å²) in [5.74, 6) is 1.04. The van der Waals surface area contributed by atoms with Gasteiger partial charge < -0.3 is 24.7 Å². The number of fused-ring (bicyclic) bond motifs is 2. The molecule has 1 fully saturated rings. The summed E-state index contributed by atoms with van der Waals surface area (Å²) >= 11 is 0.919. The van der Waals surface area contributed by atoms with E-state index in [1.54, 1.807) is 19.2 Å². The number of aryl methyl sites for hydroxylation is 1. The van der Waals surface area contributed by atoms with Crippen molar-refractivity contribution in [1.82, 2.24) is 19.4 Å². The molecule has 35 heavy (non-hydrogen) atoms. The van der Waals surface area contributed by atoms with Gasteiger partial charge in [0.15, 0.2) is 22.5 Å². The van der Waals surface area contributed by atoms with Crippen LogP contribution in [0, 0.1) is 5.92 Å². The number of nitrogens with two attached hydrogens (primary N) is 1. The minimum atomic E-state index is -4.58. The Labute approximate surface area is 203 Å². The van der Waals surface area contributed by atoms with Gasteiger partial charge in [-0.1, -0.05) is 11.8 Å². The van der Waals surface area contributed by atoms with Crippen LogP contribution in [0.3, 0.4) is 0 Å². The van der Waals surface area contributed by atoms with Crippen molar-refractivity contribution in [2.24, 2.45) is 5.92 Å². The highest BCUT2D eigenvalue weighted by molar-refractivity contribution is 7.99. The van der Waals surface area contributed by atoms with Crippen LogP contribution in [0.25, 0.3) is 11.0 Å². The number of likely N-dealkylation sites (tertiary alicyclic amines) is 1. The average Bonchev–Trinajstić information content (AvgIpc) is 3.41. The van der Waals surface area contributed by atoms with E-state index in [4.69, 9.17) is 15.2 Å². The number of halogens is 3. The van der Waals surface area contributed by atoms with E-state index < -0.39 is 11.7 Å². The number of ether oxygens (including phenoxy) is 2. The zero-order chi connectivity index (χ0) is 24.7. The molecule has 1 amide bonds. The van der Waals surface area contributed by atoms with E-state index >= 15 is 0 Å². The molecule has 4 heterocycles. The number of imidazole rings is 1. The summed E-state index contributed by atoms with van der Waals surface area (Å²) in [6.45, 7) is 3.44. The molecule has 0 spiro atoms. The fourth-order valence-electron chi connectivity index (χ4n) is 4.52. The number of rotatable bonds is 5. The van der Waals surface area contributed by atoms with Crippen LogP contribution in [0.2, 0.25) is 0 Å². The second kappa shape index (κ2) is 9.14. The third-order valence-corrected chi connectivity index (χ3v) is 7.51. The van der Waals surface area contributed by atoms with E-state index in [1.807, 2.05) is 9.47 Å². The number of nitrogens with zero attached hydrogens (tertiary/aromatic N) is 4. The topological polar surface area (TPSA) is 95.5 Å². The number of aromatic nitrogens is 3. The molecule has 12 heteroatoms. The molecule has 0 atom stereocenters. The normalized spacial score (nSPS) is 16.3. The molecule has 2 aliphatic heterocycles. The van der Waals surface area contributed by atoms with E-state index in [0.29, 0.717) is 23.1 Å². The molecule has 0 bridgehead atoms. The van der Waals surface area contributed by atoms with Crippen molar-refractivity contribution in [3.63, 3.8) is 0 Å². The van der Waals surface area contributed by atoms with E-state index in [-0.39, 0.29) is 34.9 Å². The molecule has 3 aromatic rings. The molecule has 5 rings (SSSR count). The monoisotopic (exact) mass is 507 g/mol. The molecule has 1 aromatic carbocycles. The predicted octanol–water partition coefficient (Wildman–Crippen LogP) is 4.56. The molecule has 2 aliphatic rings. The Hall–Kier alpha value is -3.15. The van der Waals surface area contributed by atoms with Crippen molar-refractivity contribution in [2.45, 2.75) is 49.0 Å². The number of amides is 1. The summed E-state index contributed by atoms with van der Waals surface area (Å²) in [6.07, 6.45) is -0.430. The van der Waals surface area contributed by atoms with Crippen LogP contribution < -0.4 is 15.2 Å². The summed E-state index contributed by atoms with van der Waals surface area (Å²) < 4.78 is 54.0. The molecule has 0 unspecified atom stereocenters. The smallest absolute Gasteiger partial charge is 0.417 e. The van der Waals surface area contributed by atoms with Crippen molar-refractivity contribution in [3.8, 4) is 11.5 Å². The molecule has 186 valence electrons. The maximum Gasteiger partial charge on any atom is 0.417 e. The van der Waals surface area contributed by atoms with Gasteiger partial charge in [0.2, 0.25) is 12.7 Å². The number of alkyl halides is 3. The second-order valence-electron chi connectivity index (χ2n) is 8.65. The lowest BCUT2D eigenvalue weighted by molar-refractivity contribution is -0.139. The molecule has 0 aliphatic carbocycles.